The highest BCUT2D eigenvalue weighted by molar-refractivity contribution is 5.83. The number of carbonyl (C=O) groups is 3. The first-order valence-corrected chi connectivity index (χ1v) is 10.7. The number of benzene rings is 2. The van der Waals surface area contributed by atoms with Crippen molar-refractivity contribution in [1.82, 2.24) is 10.2 Å². The van der Waals surface area contributed by atoms with E-state index in [4.69, 9.17) is 14.6 Å². The first-order valence-electron chi connectivity index (χ1n) is 10.7. The summed E-state index contributed by atoms with van der Waals surface area (Å²) < 4.78 is 11.1. The first-order chi connectivity index (χ1) is 15.5. The fraction of sp³-hybridized carbons (Fsp3) is 0.375. The molecule has 4 rings (SSSR count). The van der Waals surface area contributed by atoms with Gasteiger partial charge in [0.2, 0.25) is 0 Å². The number of nitrogens with one attached hydrogen (secondary N) is 1. The minimum Gasteiger partial charge on any atom is -0.481 e. The number of rotatable bonds is 7. The number of alkyl carbamates (subject to hydrolysis) is 1. The van der Waals surface area contributed by atoms with Gasteiger partial charge in [-0.1, -0.05) is 48.5 Å². The number of ether oxygens (including phenoxy) is 2. The van der Waals surface area contributed by atoms with Crippen LogP contribution in [-0.4, -0.2) is 66.9 Å². The van der Waals surface area contributed by atoms with E-state index in [1.54, 1.807) is 0 Å². The van der Waals surface area contributed by atoms with Crippen molar-refractivity contribution in [3.05, 3.63) is 59.7 Å². The van der Waals surface area contributed by atoms with Crippen LogP contribution in [0.5, 0.6) is 0 Å². The smallest absolute Gasteiger partial charge is 0.407 e. The van der Waals surface area contributed by atoms with Gasteiger partial charge in [-0.3, -0.25) is 9.59 Å². The molecule has 2 atom stereocenters. The lowest BCUT2D eigenvalue weighted by molar-refractivity contribution is -0.142. The quantitative estimate of drug-likeness (QED) is 0.689. The van der Waals surface area contributed by atoms with Gasteiger partial charge in [0, 0.05) is 26.1 Å². The topological polar surface area (TPSA) is 105 Å². The van der Waals surface area contributed by atoms with E-state index in [0.29, 0.717) is 13.0 Å². The highest BCUT2D eigenvalue weighted by Crippen LogP contribution is 2.44. The Bertz CT molecular complexity index is 978. The zero-order valence-electron chi connectivity index (χ0n) is 17.8. The second kappa shape index (κ2) is 9.40. The number of fused-ring (bicyclic) bond motifs is 3. The number of carboxylic acid groups (broad SMARTS) is 1. The summed E-state index contributed by atoms with van der Waals surface area (Å²) in [6.07, 6.45) is -1.13. The Balaban J connectivity index is 1.36. The molecule has 0 radical (unpaired) electrons. The molecule has 32 heavy (non-hydrogen) atoms. The van der Waals surface area contributed by atoms with E-state index in [-0.39, 0.29) is 31.4 Å². The molecule has 1 fully saturated rings. The zero-order chi connectivity index (χ0) is 22.7. The first kappa shape index (κ1) is 21.8. The standard InChI is InChI=1S/C24H26N2O6/c1-26(12-10-21(27)28)23(29)22-20(11-13-31-22)25-24(30)32-14-19-17-8-4-2-6-15(17)16-7-3-5-9-18(16)19/h2-9,19-20,22H,10-14H2,1H3,(H,25,30)(H,27,28)/t20-,22+/m1/s1. The highest BCUT2D eigenvalue weighted by atomic mass is 16.6. The maximum atomic E-state index is 12.6. The van der Waals surface area contributed by atoms with Crippen LogP contribution in [0.15, 0.2) is 48.5 Å². The largest absolute Gasteiger partial charge is 0.481 e. The maximum Gasteiger partial charge on any atom is 0.407 e. The Kier molecular flexibility index (Phi) is 6.41. The number of aliphatic carboxylic acids is 1. The number of carboxylic acids is 1. The maximum absolute atomic E-state index is 12.6. The van der Waals surface area contributed by atoms with Crippen molar-refractivity contribution in [3.8, 4) is 11.1 Å². The van der Waals surface area contributed by atoms with Gasteiger partial charge in [-0.15, -0.1) is 0 Å². The Hall–Kier alpha value is -3.39. The summed E-state index contributed by atoms with van der Waals surface area (Å²) in [6.45, 7) is 0.591. The normalized spacial score (nSPS) is 19.2. The molecule has 0 spiro atoms. The molecule has 168 valence electrons. The predicted molar refractivity (Wildman–Crippen MR) is 116 cm³/mol. The van der Waals surface area contributed by atoms with Gasteiger partial charge in [0.25, 0.3) is 5.91 Å². The summed E-state index contributed by atoms with van der Waals surface area (Å²) >= 11 is 0. The summed E-state index contributed by atoms with van der Waals surface area (Å²) in [7, 11) is 1.53. The second-order valence-corrected chi connectivity index (χ2v) is 8.06. The van der Waals surface area contributed by atoms with Crippen LogP contribution in [0.4, 0.5) is 4.79 Å². The number of amides is 2. The van der Waals surface area contributed by atoms with Crippen LogP contribution in [0.3, 0.4) is 0 Å². The fourth-order valence-corrected chi connectivity index (χ4v) is 4.36. The summed E-state index contributed by atoms with van der Waals surface area (Å²) in [6, 6.07) is 15.7. The summed E-state index contributed by atoms with van der Waals surface area (Å²) in [5.74, 6) is -1.38. The Morgan fingerprint density at radius 1 is 1.09 bits per heavy atom. The van der Waals surface area contributed by atoms with Crippen LogP contribution < -0.4 is 5.32 Å². The van der Waals surface area contributed by atoms with Gasteiger partial charge in [0.1, 0.15) is 6.61 Å². The lowest BCUT2D eigenvalue weighted by Crippen LogP contribution is -2.49. The molecular formula is C24H26N2O6. The Morgan fingerprint density at radius 2 is 1.72 bits per heavy atom. The van der Waals surface area contributed by atoms with Crippen LogP contribution >= 0.6 is 0 Å². The van der Waals surface area contributed by atoms with E-state index < -0.39 is 24.2 Å². The molecule has 0 saturated carbocycles. The van der Waals surface area contributed by atoms with Crippen molar-refractivity contribution in [2.45, 2.75) is 30.9 Å². The number of nitrogens with zero attached hydrogens (tertiary/aromatic N) is 1. The fourth-order valence-electron chi connectivity index (χ4n) is 4.36. The van der Waals surface area contributed by atoms with Crippen molar-refractivity contribution in [3.63, 3.8) is 0 Å². The molecule has 0 unspecified atom stereocenters. The van der Waals surface area contributed by atoms with Crippen molar-refractivity contribution < 1.29 is 29.0 Å². The van der Waals surface area contributed by atoms with Crippen LogP contribution in [0.25, 0.3) is 11.1 Å². The van der Waals surface area contributed by atoms with Gasteiger partial charge in [0.15, 0.2) is 6.10 Å². The number of likely N-dealkylation sites (N-methyl/N-ethyl adjacent to an activating group) is 1. The third kappa shape index (κ3) is 4.45. The van der Waals surface area contributed by atoms with Crippen molar-refractivity contribution in [1.29, 1.82) is 0 Å². The molecule has 1 aliphatic carbocycles. The third-order valence-corrected chi connectivity index (χ3v) is 6.02. The Labute approximate surface area is 186 Å². The van der Waals surface area contributed by atoms with Crippen LogP contribution in [-0.2, 0) is 19.1 Å². The van der Waals surface area contributed by atoms with E-state index in [1.807, 2.05) is 36.4 Å². The molecule has 8 heteroatoms. The van der Waals surface area contributed by atoms with E-state index in [2.05, 4.69) is 17.4 Å². The van der Waals surface area contributed by atoms with Gasteiger partial charge in [-0.05, 0) is 28.7 Å². The molecule has 2 N–H and O–H groups in total. The summed E-state index contributed by atoms with van der Waals surface area (Å²) in [5, 5.41) is 11.6. The average Bonchev–Trinajstić information content (AvgIpc) is 3.38. The average molecular weight is 438 g/mol. The molecular weight excluding hydrogens is 412 g/mol. The molecule has 8 nitrogen and oxygen atoms in total. The van der Waals surface area contributed by atoms with Crippen molar-refractivity contribution >= 4 is 18.0 Å². The van der Waals surface area contributed by atoms with Crippen molar-refractivity contribution in [2.75, 3.05) is 26.8 Å². The number of carbonyl (C=O) groups excluding carboxylic acids is 2. The molecule has 2 aromatic carbocycles. The van der Waals surface area contributed by atoms with Crippen LogP contribution in [0.2, 0.25) is 0 Å². The molecule has 2 aliphatic rings. The molecule has 0 aromatic heterocycles. The third-order valence-electron chi connectivity index (χ3n) is 6.02. The van der Waals surface area contributed by atoms with E-state index in [9.17, 15) is 14.4 Å². The van der Waals surface area contributed by atoms with Gasteiger partial charge >= 0.3 is 12.1 Å². The lowest BCUT2D eigenvalue weighted by atomic mass is 9.98. The zero-order valence-corrected chi connectivity index (χ0v) is 17.8. The number of hydrogen-bond acceptors (Lipinski definition) is 5. The predicted octanol–water partition coefficient (Wildman–Crippen LogP) is 2.62. The number of hydrogen-bond donors (Lipinski definition) is 2. The van der Waals surface area contributed by atoms with E-state index in [1.165, 1.54) is 11.9 Å². The van der Waals surface area contributed by atoms with E-state index >= 15 is 0 Å². The van der Waals surface area contributed by atoms with E-state index in [0.717, 1.165) is 22.3 Å². The molecule has 2 amide bonds. The molecule has 1 aliphatic heterocycles. The van der Waals surface area contributed by atoms with Crippen LogP contribution in [0.1, 0.15) is 29.9 Å². The minimum absolute atomic E-state index is 0.0486. The molecule has 2 aromatic rings. The molecule has 0 bridgehead atoms. The van der Waals surface area contributed by atoms with Gasteiger partial charge in [-0.25, -0.2) is 4.79 Å². The summed E-state index contributed by atoms with van der Waals surface area (Å²) in [5.41, 5.74) is 4.55. The van der Waals surface area contributed by atoms with Gasteiger partial charge in [-0.2, -0.15) is 0 Å². The Morgan fingerprint density at radius 3 is 2.34 bits per heavy atom. The van der Waals surface area contributed by atoms with Gasteiger partial charge < -0.3 is 24.8 Å². The summed E-state index contributed by atoms with van der Waals surface area (Å²) in [4.78, 5) is 37.2. The monoisotopic (exact) mass is 438 g/mol. The molecule has 1 heterocycles. The minimum atomic E-state index is -0.981. The van der Waals surface area contributed by atoms with Crippen molar-refractivity contribution in [2.24, 2.45) is 0 Å². The lowest BCUT2D eigenvalue weighted by Gasteiger charge is -2.24. The van der Waals surface area contributed by atoms with Crippen LogP contribution in [0, 0.1) is 0 Å². The highest BCUT2D eigenvalue weighted by Gasteiger charge is 2.37. The molecule has 1 saturated heterocycles. The second-order valence-electron chi connectivity index (χ2n) is 8.06. The SMILES string of the molecule is CN(CCC(=O)O)C(=O)[C@H]1OCC[C@H]1NC(=O)OCC1c2ccccc2-c2ccccc21. The van der Waals surface area contributed by atoms with Gasteiger partial charge in [0.05, 0.1) is 12.5 Å².